The molecule has 0 radical (unpaired) electrons. The summed E-state index contributed by atoms with van der Waals surface area (Å²) in [7, 11) is 0. The smallest absolute Gasteiger partial charge is 0.170 e. The molecule has 0 unspecified atom stereocenters. The van der Waals surface area contributed by atoms with E-state index in [2.05, 4.69) is 207 Å². The molecule has 0 atom stereocenters. The number of ether oxygens (including phenoxy) is 6. The van der Waals surface area contributed by atoms with E-state index in [9.17, 15) is 5.11 Å². The van der Waals surface area contributed by atoms with Gasteiger partial charge in [-0.1, -0.05) is 210 Å². The standard InChI is InChI=1S/C93H92N8O7/c1-88(2,3)54-20-32-60(33-21-54)103-74-46-68-69(47-75(74)104-61-34-22-55(23-35-61)89(4,5)6)84-97-82(68)95-80-66-44-19-53(52-102)45-67(66)81(94-80)96-83-70-48-76(105-62-36-24-56(25-37-62)90(7,8)9)77(106-63-38-26-57(27-39-63)91(10,11)12)49-71(70)85(98-83)100-87-73-51-79(108-65-42-30-59(31-43-65)93(16,17)18)78(50-72(73)86(99-84)101-87)107-64-40-28-58(29-41-64)92(13,14)15/h19-51,102H,52H2,1-18H3,(H2,94,95,96,97,98,99,100,101). The van der Waals surface area contributed by atoms with Crippen molar-refractivity contribution in [3.63, 3.8) is 0 Å². The van der Waals surface area contributed by atoms with Gasteiger partial charge in [0, 0.05) is 43.8 Å². The van der Waals surface area contributed by atoms with Crippen molar-refractivity contribution in [2.75, 3.05) is 0 Å². The van der Waals surface area contributed by atoms with Gasteiger partial charge < -0.3 is 43.5 Å². The minimum atomic E-state index is -0.226. The highest BCUT2D eigenvalue weighted by atomic mass is 16.5. The molecule has 2 aliphatic heterocycles. The molecule has 0 saturated heterocycles. The third-order valence-corrected chi connectivity index (χ3v) is 20.0. The lowest BCUT2D eigenvalue weighted by atomic mass is 9.87. The second kappa shape index (κ2) is 27.0. The predicted octanol–water partition coefficient (Wildman–Crippen LogP) is 24.9. The molecule has 13 aromatic rings. The number of aromatic nitrogens is 8. The molecule has 15 nitrogen and oxygen atoms in total. The summed E-state index contributed by atoms with van der Waals surface area (Å²) < 4.78 is 41.9. The summed E-state index contributed by atoms with van der Waals surface area (Å²) in [6, 6.07) is 66.2. The van der Waals surface area contributed by atoms with Crippen molar-refractivity contribution in [3.8, 4) is 115 Å². The van der Waals surface area contributed by atoms with Crippen molar-refractivity contribution in [3.05, 3.63) is 239 Å². The molecule has 3 N–H and O–H groups in total. The van der Waals surface area contributed by atoms with Crippen LogP contribution in [-0.4, -0.2) is 45.0 Å². The topological polar surface area (TPSA) is 185 Å². The van der Waals surface area contributed by atoms with Gasteiger partial charge in [-0.25, -0.2) is 29.9 Å². The molecule has 0 amide bonds. The maximum absolute atomic E-state index is 10.8. The molecule has 0 spiro atoms. The number of hydrogen-bond donors (Lipinski definition) is 3. The fourth-order valence-corrected chi connectivity index (χ4v) is 13.3. The van der Waals surface area contributed by atoms with Crippen molar-refractivity contribution >= 4 is 44.1 Å². The third kappa shape index (κ3) is 14.8. The number of hydrogen-bond acceptors (Lipinski definition) is 13. The summed E-state index contributed by atoms with van der Waals surface area (Å²) in [5, 5.41) is 13.3. The first kappa shape index (κ1) is 71.9. The Balaban J connectivity index is 1.03. The van der Waals surface area contributed by atoms with Crippen molar-refractivity contribution in [1.82, 2.24) is 39.9 Å². The molecule has 15 heteroatoms. The minimum absolute atomic E-state index is 0.0927. The van der Waals surface area contributed by atoms with Crippen LogP contribution in [0.5, 0.6) is 69.0 Å². The number of fused-ring (bicyclic) bond motifs is 20. The van der Waals surface area contributed by atoms with Gasteiger partial charge in [0.25, 0.3) is 0 Å². The maximum atomic E-state index is 10.8. The lowest BCUT2D eigenvalue weighted by Gasteiger charge is -2.20. The van der Waals surface area contributed by atoms with Crippen molar-refractivity contribution in [2.24, 2.45) is 0 Å². The number of nitrogens with zero attached hydrogens (tertiary/aromatic N) is 6. The van der Waals surface area contributed by atoms with Crippen LogP contribution in [0.3, 0.4) is 0 Å². The van der Waals surface area contributed by atoms with E-state index in [1.807, 2.05) is 127 Å². The quantitative estimate of drug-likeness (QED) is 0.0992. The van der Waals surface area contributed by atoms with Crippen LogP contribution in [0.2, 0.25) is 0 Å². The van der Waals surface area contributed by atoms with Crippen molar-refractivity contribution in [2.45, 2.75) is 164 Å². The first-order valence-corrected chi connectivity index (χ1v) is 36.9. The van der Waals surface area contributed by atoms with E-state index in [1.165, 1.54) is 0 Å². The SMILES string of the molecule is CC(C)(C)c1ccc(Oc2cc3c(cc2Oc2ccc(C(C)(C)C)cc2)-c2nc-3nc3[nH]c(nc4nc(nc5[nH]c(n2)c2cc(Oc6ccc(C(C)(C)C)cc6)c(Oc6ccc(C(C)(C)C)cc6)cc52)-c2cc(CO)ccc2-4)c2cc(Oc4ccc(C(C)(C)C)cc4)c(Oc4ccc(C(C)(C)C)cc4)cc32)cc1. The fraction of sp³-hybridized carbons (Fsp3) is 0.269. The van der Waals surface area contributed by atoms with Gasteiger partial charge in [0.2, 0.25) is 0 Å². The van der Waals surface area contributed by atoms with E-state index in [-0.39, 0.29) is 39.1 Å². The summed E-state index contributed by atoms with van der Waals surface area (Å²) in [6.07, 6.45) is 0. The summed E-state index contributed by atoms with van der Waals surface area (Å²) >= 11 is 0. The van der Waals surface area contributed by atoms with Crippen molar-refractivity contribution < 1.29 is 33.5 Å². The normalized spacial score (nSPS) is 12.6. The first-order chi connectivity index (χ1) is 51.1. The van der Waals surface area contributed by atoms with Gasteiger partial charge in [-0.05, 0) is 187 Å². The van der Waals surface area contributed by atoms with E-state index in [0.717, 1.165) is 33.4 Å². The molecule has 546 valence electrons. The molecule has 108 heavy (non-hydrogen) atoms. The van der Waals surface area contributed by atoms with Gasteiger partial charge >= 0.3 is 0 Å². The summed E-state index contributed by atoms with van der Waals surface area (Å²) in [4.78, 5) is 40.3. The highest BCUT2D eigenvalue weighted by Crippen LogP contribution is 2.49. The number of aliphatic hydroxyl groups excluding tert-OH is 1. The van der Waals surface area contributed by atoms with Crippen LogP contribution < -0.4 is 28.4 Å². The Morgan fingerprint density at radius 3 is 0.657 bits per heavy atom. The Labute approximate surface area is 631 Å². The van der Waals surface area contributed by atoms with Crippen LogP contribution in [0.25, 0.3) is 89.7 Å². The molecule has 2 aliphatic rings. The highest BCUT2D eigenvalue weighted by molar-refractivity contribution is 6.08. The molecule has 0 aliphatic carbocycles. The van der Waals surface area contributed by atoms with Gasteiger partial charge in [0.1, 0.15) is 57.1 Å². The summed E-state index contributed by atoms with van der Waals surface area (Å²) in [6.45, 7) is 39.2. The van der Waals surface area contributed by atoms with Gasteiger partial charge in [0.15, 0.2) is 57.8 Å². The van der Waals surface area contributed by atoms with Crippen LogP contribution >= 0.6 is 0 Å². The lowest BCUT2D eigenvalue weighted by molar-refractivity contribution is 0.282. The first-order valence-electron chi connectivity index (χ1n) is 36.9. The molecule has 10 aromatic carbocycles. The molecule has 8 bridgehead atoms. The van der Waals surface area contributed by atoms with Crippen LogP contribution in [0.4, 0.5) is 0 Å². The number of rotatable bonds is 13. The molecule has 0 fully saturated rings. The Hall–Kier alpha value is -11.7. The summed E-state index contributed by atoms with van der Waals surface area (Å²) in [5.74, 6) is 7.36. The molecule has 0 saturated carbocycles. The third-order valence-electron chi connectivity index (χ3n) is 20.0. The largest absolute Gasteiger partial charge is 0.453 e. The second-order valence-electron chi connectivity index (χ2n) is 34.4. The zero-order chi connectivity index (χ0) is 76.1. The average Bonchev–Trinajstić information content (AvgIpc) is 1.59. The maximum Gasteiger partial charge on any atom is 0.170 e. The highest BCUT2D eigenvalue weighted by Gasteiger charge is 2.30. The number of aliphatic hydroxyl groups is 1. The number of H-pyrrole nitrogens is 2. The Bertz CT molecular complexity index is 5800. The number of nitrogens with one attached hydrogen (secondary N) is 2. The average molecular weight is 1430 g/mol. The van der Waals surface area contributed by atoms with E-state index >= 15 is 0 Å². The van der Waals surface area contributed by atoms with Crippen molar-refractivity contribution in [1.29, 1.82) is 0 Å². The van der Waals surface area contributed by atoms with Crippen LogP contribution in [0.15, 0.2) is 200 Å². The molecular formula is C93H92N8O7. The molecule has 5 heterocycles. The van der Waals surface area contributed by atoms with E-state index < -0.39 is 0 Å². The number of aromatic amines is 2. The van der Waals surface area contributed by atoms with E-state index in [4.69, 9.17) is 58.3 Å². The van der Waals surface area contributed by atoms with Crippen LogP contribution in [0, 0.1) is 0 Å². The number of benzene rings is 10. The van der Waals surface area contributed by atoms with Gasteiger partial charge in [-0.3, -0.25) is 0 Å². The summed E-state index contributed by atoms with van der Waals surface area (Å²) in [5.41, 5.74) is 11.1. The zero-order valence-electron chi connectivity index (χ0n) is 64.8. The molecule has 3 aromatic heterocycles. The minimum Gasteiger partial charge on any atom is -0.453 e. The Morgan fingerprint density at radius 2 is 0.444 bits per heavy atom. The Kier molecular flexibility index (Phi) is 18.0. The van der Waals surface area contributed by atoms with Crippen LogP contribution in [0.1, 0.15) is 164 Å². The van der Waals surface area contributed by atoms with Crippen LogP contribution in [-0.2, 0) is 39.1 Å². The second-order valence-corrected chi connectivity index (χ2v) is 34.4. The zero-order valence-corrected chi connectivity index (χ0v) is 64.8. The van der Waals surface area contributed by atoms with Gasteiger partial charge in [0.05, 0.1) is 6.61 Å². The van der Waals surface area contributed by atoms with E-state index in [1.54, 1.807) is 0 Å². The molecular weight excluding hydrogens is 1340 g/mol. The fourth-order valence-electron chi connectivity index (χ4n) is 13.3. The monoisotopic (exact) mass is 1430 g/mol. The van der Waals surface area contributed by atoms with Gasteiger partial charge in [-0.15, -0.1) is 0 Å². The van der Waals surface area contributed by atoms with Gasteiger partial charge in [-0.2, -0.15) is 0 Å². The van der Waals surface area contributed by atoms with E-state index in [0.29, 0.717) is 164 Å². The predicted molar refractivity (Wildman–Crippen MR) is 433 cm³/mol. The lowest BCUT2D eigenvalue weighted by Crippen LogP contribution is -2.10. The molecule has 15 rings (SSSR count). The Morgan fingerprint density at radius 1 is 0.241 bits per heavy atom.